The minimum absolute atomic E-state index is 0.0394. The largest absolute Gasteiger partial charge is 0.480 e. The van der Waals surface area contributed by atoms with Gasteiger partial charge in [-0.1, -0.05) is 0 Å². The number of methoxy groups -OCH3 is 1. The van der Waals surface area contributed by atoms with Crippen LogP contribution >= 0.6 is 0 Å². The van der Waals surface area contributed by atoms with Crippen molar-refractivity contribution in [3.63, 3.8) is 0 Å². The summed E-state index contributed by atoms with van der Waals surface area (Å²) in [6, 6.07) is -0.754. The van der Waals surface area contributed by atoms with Crippen LogP contribution in [0.15, 0.2) is 0 Å². The van der Waals surface area contributed by atoms with Crippen LogP contribution in [-0.2, 0) is 19.0 Å². The fraction of sp³-hybridized carbons (Fsp3) is 0.889. The van der Waals surface area contributed by atoms with Crippen molar-refractivity contribution in [2.24, 2.45) is 11.5 Å². The molecule has 0 radical (unpaired) electrons. The second-order valence-electron chi connectivity index (χ2n) is 3.82. The van der Waals surface area contributed by atoms with E-state index in [-0.39, 0.29) is 6.61 Å². The van der Waals surface area contributed by atoms with E-state index in [4.69, 9.17) is 30.8 Å². The maximum absolute atomic E-state index is 10.3. The summed E-state index contributed by atoms with van der Waals surface area (Å²) in [5, 5.41) is 18.2. The molecule has 0 aliphatic carbocycles. The quantitative estimate of drug-likeness (QED) is 0.419. The lowest BCUT2D eigenvalue weighted by molar-refractivity contribution is -0.202. The zero-order valence-corrected chi connectivity index (χ0v) is 9.48. The Bertz CT molecular complexity index is 264. The van der Waals surface area contributed by atoms with E-state index in [0.717, 1.165) is 0 Å². The van der Waals surface area contributed by atoms with Gasteiger partial charge in [-0.2, -0.15) is 0 Å². The summed E-state index contributed by atoms with van der Waals surface area (Å²) in [4.78, 5) is 10.3. The van der Waals surface area contributed by atoms with Gasteiger partial charge in [-0.05, 0) is 0 Å². The molecule has 1 rings (SSSR count). The summed E-state index contributed by atoms with van der Waals surface area (Å²) < 4.78 is 15.2. The van der Waals surface area contributed by atoms with E-state index in [9.17, 15) is 9.90 Å². The molecule has 0 bridgehead atoms. The minimum atomic E-state index is -1.09. The Balaban J connectivity index is 2.53. The van der Waals surface area contributed by atoms with Gasteiger partial charge in [-0.3, -0.25) is 0 Å². The number of nitrogens with two attached hydrogens (primary N) is 2. The highest BCUT2D eigenvalue weighted by atomic mass is 16.6. The van der Waals surface area contributed by atoms with E-state index in [1.54, 1.807) is 0 Å². The van der Waals surface area contributed by atoms with E-state index < -0.39 is 43.2 Å². The van der Waals surface area contributed by atoms with Crippen molar-refractivity contribution >= 4 is 5.97 Å². The van der Waals surface area contributed by atoms with Gasteiger partial charge >= 0.3 is 5.97 Å². The summed E-state index contributed by atoms with van der Waals surface area (Å²) >= 11 is 0. The fourth-order valence-corrected chi connectivity index (χ4v) is 1.69. The average molecular weight is 250 g/mol. The summed E-state index contributed by atoms with van der Waals surface area (Å²) in [5.41, 5.74) is 11.2. The van der Waals surface area contributed by atoms with E-state index in [2.05, 4.69) is 0 Å². The molecule has 1 fully saturated rings. The number of aliphatic hydroxyl groups is 1. The van der Waals surface area contributed by atoms with Crippen molar-refractivity contribution in [1.82, 2.24) is 0 Å². The van der Waals surface area contributed by atoms with Crippen LogP contribution < -0.4 is 11.5 Å². The van der Waals surface area contributed by atoms with Crippen LogP contribution in [0.4, 0.5) is 0 Å². The van der Waals surface area contributed by atoms with Gasteiger partial charge in [0.1, 0.15) is 31.1 Å². The summed E-state index contributed by atoms with van der Waals surface area (Å²) in [7, 11) is 1.39. The molecule has 5 atom stereocenters. The summed E-state index contributed by atoms with van der Waals surface area (Å²) in [5.74, 6) is -1.09. The van der Waals surface area contributed by atoms with Crippen molar-refractivity contribution < 1.29 is 29.2 Å². The van der Waals surface area contributed by atoms with Crippen LogP contribution in [0.25, 0.3) is 0 Å². The molecule has 5 unspecified atom stereocenters. The highest BCUT2D eigenvalue weighted by molar-refractivity contribution is 5.67. The topological polar surface area (TPSA) is 137 Å². The van der Waals surface area contributed by atoms with Crippen molar-refractivity contribution in [2.75, 3.05) is 20.3 Å². The van der Waals surface area contributed by atoms with E-state index in [1.165, 1.54) is 7.11 Å². The van der Waals surface area contributed by atoms with Crippen LogP contribution in [-0.4, -0.2) is 67.1 Å². The third-order valence-electron chi connectivity index (χ3n) is 2.59. The first-order valence-corrected chi connectivity index (χ1v) is 5.14. The van der Waals surface area contributed by atoms with Gasteiger partial charge in [-0.15, -0.1) is 0 Å². The molecule has 17 heavy (non-hydrogen) atoms. The molecule has 0 aromatic carbocycles. The van der Waals surface area contributed by atoms with Gasteiger partial charge < -0.3 is 35.9 Å². The molecule has 0 aromatic rings. The fourth-order valence-electron chi connectivity index (χ4n) is 1.69. The van der Waals surface area contributed by atoms with Crippen LogP contribution in [0.2, 0.25) is 0 Å². The van der Waals surface area contributed by atoms with Gasteiger partial charge in [0, 0.05) is 7.11 Å². The van der Waals surface area contributed by atoms with E-state index in [0.29, 0.717) is 0 Å². The predicted octanol–water partition coefficient (Wildman–Crippen LogP) is -2.53. The lowest BCUT2D eigenvalue weighted by Gasteiger charge is -2.41. The first kappa shape index (κ1) is 14.3. The van der Waals surface area contributed by atoms with Crippen LogP contribution in [0.1, 0.15) is 0 Å². The standard InChI is InChI=1S/C9H18N2O6/c1-15-8-4(2-16-3-5(12)13)17-9(11)6(10)7(8)14/h4,6-9,14H,2-3,10-11H2,1H3,(H,12,13). The van der Waals surface area contributed by atoms with Crippen molar-refractivity contribution in [1.29, 1.82) is 0 Å². The van der Waals surface area contributed by atoms with E-state index >= 15 is 0 Å². The van der Waals surface area contributed by atoms with E-state index in [1.807, 2.05) is 0 Å². The number of rotatable bonds is 5. The average Bonchev–Trinajstić information content (AvgIpc) is 2.26. The molecule has 0 aromatic heterocycles. The second-order valence-corrected chi connectivity index (χ2v) is 3.82. The number of carboxylic acids is 1. The number of hydrogen-bond donors (Lipinski definition) is 4. The number of carboxylic acid groups (broad SMARTS) is 1. The van der Waals surface area contributed by atoms with Gasteiger partial charge in [0.15, 0.2) is 0 Å². The van der Waals surface area contributed by atoms with Crippen molar-refractivity contribution in [3.8, 4) is 0 Å². The number of hydrogen-bond acceptors (Lipinski definition) is 7. The predicted molar refractivity (Wildman–Crippen MR) is 56.1 cm³/mol. The maximum Gasteiger partial charge on any atom is 0.329 e. The molecular formula is C9H18N2O6. The molecule has 0 amide bonds. The number of aliphatic carboxylic acids is 1. The zero-order chi connectivity index (χ0) is 13.0. The molecule has 1 heterocycles. The highest BCUT2D eigenvalue weighted by Gasteiger charge is 2.42. The first-order chi connectivity index (χ1) is 7.97. The summed E-state index contributed by atoms with van der Waals surface area (Å²) in [6.45, 7) is -0.490. The Morgan fingerprint density at radius 2 is 2.12 bits per heavy atom. The lowest BCUT2D eigenvalue weighted by Crippen LogP contribution is -2.65. The van der Waals surface area contributed by atoms with Gasteiger partial charge in [0.25, 0.3) is 0 Å². The SMILES string of the molecule is COC1C(COCC(=O)O)OC(N)C(N)C1O. The molecule has 6 N–H and O–H groups in total. The number of ether oxygens (including phenoxy) is 3. The first-order valence-electron chi connectivity index (χ1n) is 5.14. The second kappa shape index (κ2) is 6.24. The Kier molecular flexibility index (Phi) is 5.25. The number of carbonyl (C=O) groups is 1. The van der Waals surface area contributed by atoms with Gasteiger partial charge in [-0.25, -0.2) is 4.79 Å². The Hall–Kier alpha value is -0.770. The van der Waals surface area contributed by atoms with Crippen molar-refractivity contribution in [2.45, 2.75) is 30.6 Å². The Morgan fingerprint density at radius 1 is 1.47 bits per heavy atom. The van der Waals surface area contributed by atoms with Crippen LogP contribution in [0.5, 0.6) is 0 Å². The number of aliphatic hydroxyl groups excluding tert-OH is 1. The molecule has 0 spiro atoms. The zero-order valence-electron chi connectivity index (χ0n) is 9.48. The molecule has 1 aliphatic heterocycles. The third-order valence-corrected chi connectivity index (χ3v) is 2.59. The Labute approximate surface area is 98.4 Å². The molecule has 8 nitrogen and oxygen atoms in total. The Morgan fingerprint density at radius 3 is 2.65 bits per heavy atom. The smallest absolute Gasteiger partial charge is 0.329 e. The highest BCUT2D eigenvalue weighted by Crippen LogP contribution is 2.20. The monoisotopic (exact) mass is 250 g/mol. The molecule has 8 heteroatoms. The van der Waals surface area contributed by atoms with Crippen molar-refractivity contribution in [3.05, 3.63) is 0 Å². The summed E-state index contributed by atoms with van der Waals surface area (Å²) in [6.07, 6.45) is -3.17. The van der Waals surface area contributed by atoms with Gasteiger partial charge in [0.05, 0.1) is 12.6 Å². The molecule has 0 saturated carbocycles. The maximum atomic E-state index is 10.3. The minimum Gasteiger partial charge on any atom is -0.480 e. The van der Waals surface area contributed by atoms with Crippen LogP contribution in [0.3, 0.4) is 0 Å². The molecule has 1 aliphatic rings. The lowest BCUT2D eigenvalue weighted by atomic mass is 9.97. The van der Waals surface area contributed by atoms with Crippen LogP contribution in [0, 0.1) is 0 Å². The molecular weight excluding hydrogens is 232 g/mol. The third kappa shape index (κ3) is 3.60. The molecule has 1 saturated heterocycles. The normalized spacial score (nSPS) is 38.0. The van der Waals surface area contributed by atoms with Gasteiger partial charge in [0.2, 0.25) is 0 Å². The molecule has 100 valence electrons.